The van der Waals surface area contributed by atoms with Crippen LogP contribution in [0.4, 0.5) is 5.69 Å². The van der Waals surface area contributed by atoms with Gasteiger partial charge in [-0.1, -0.05) is 70.5 Å². The molecule has 222 valence electrons. The first-order valence-corrected chi connectivity index (χ1v) is 14.5. The summed E-state index contributed by atoms with van der Waals surface area (Å²) >= 11 is 3.48. The lowest BCUT2D eigenvalue weighted by molar-refractivity contribution is -0.115. The molecule has 0 unspecified atom stereocenters. The zero-order valence-corrected chi connectivity index (χ0v) is 25.6. The minimum atomic E-state index is -0.816. The Bertz CT molecular complexity index is 1870. The third kappa shape index (κ3) is 6.87. The van der Waals surface area contributed by atoms with Gasteiger partial charge >= 0.3 is 5.91 Å². The van der Waals surface area contributed by atoms with Gasteiger partial charge in [-0.2, -0.15) is 0 Å². The molecule has 0 saturated heterocycles. The van der Waals surface area contributed by atoms with Crippen LogP contribution in [-0.4, -0.2) is 35.7 Å². The molecule has 0 aliphatic rings. The number of carbonyl (C=O) groups is 2. The molecule has 2 N–H and O–H groups in total. The molecule has 9 nitrogen and oxygen atoms in total. The monoisotopic (exact) mass is 652 g/mol. The van der Waals surface area contributed by atoms with Gasteiger partial charge in [-0.15, -0.1) is 10.2 Å². The van der Waals surface area contributed by atoms with E-state index in [1.807, 2.05) is 48.5 Å². The van der Waals surface area contributed by atoms with E-state index in [1.54, 1.807) is 53.1 Å². The number of aromatic hydroxyl groups is 1. The molecule has 5 rings (SSSR count). The number of aromatic nitrogens is 1. The number of hydrogen-bond donors (Lipinski definition) is 2. The molecule has 0 aliphatic heterocycles. The predicted octanol–water partition coefficient (Wildman–Crippen LogP) is 7.45. The third-order valence-corrected chi connectivity index (χ3v) is 7.41. The first-order valence-electron chi connectivity index (χ1n) is 13.7. The van der Waals surface area contributed by atoms with Gasteiger partial charge in [0.25, 0.3) is 5.91 Å². The number of carbonyl (C=O) groups excluding carboxylic acids is 2. The summed E-state index contributed by atoms with van der Waals surface area (Å²) in [6, 6.07) is 29.1. The molecule has 4 aromatic carbocycles. The van der Waals surface area contributed by atoms with Crippen molar-refractivity contribution in [2.24, 2.45) is 10.2 Å². The number of fused-ring (bicyclic) bond motifs is 1. The zero-order chi connectivity index (χ0) is 31.1. The van der Waals surface area contributed by atoms with Crippen LogP contribution >= 0.6 is 15.9 Å². The fraction of sp³-hybridized carbons (Fsp3) is 0.118. The second-order valence-corrected chi connectivity index (χ2v) is 10.6. The Kier molecular flexibility index (Phi) is 9.51. The van der Waals surface area contributed by atoms with Crippen molar-refractivity contribution in [3.63, 3.8) is 0 Å². The maximum Gasteiger partial charge on any atom is 0.311 e. The van der Waals surface area contributed by atoms with Crippen LogP contribution < -0.4 is 14.8 Å². The lowest BCUT2D eigenvalue weighted by Crippen LogP contribution is -2.26. The van der Waals surface area contributed by atoms with E-state index in [0.29, 0.717) is 41.0 Å². The standard InChI is InChI=1S/C34H29BrN4O5/c1-43-29-16-13-23(20-30(29)44-2)19-27(36-32(40)24-11-7-4-8-12-24)33(41)38-37-31-26-21-25(35)14-15-28(26)39(34(31)42)18-17-22-9-5-3-6-10-22/h3-16,19-21,42H,17-18H2,1-2H3,(H,36,40). The van der Waals surface area contributed by atoms with E-state index in [0.717, 1.165) is 15.6 Å². The Hall–Kier alpha value is -5.22. The van der Waals surface area contributed by atoms with E-state index in [2.05, 4.69) is 31.5 Å². The molecule has 44 heavy (non-hydrogen) atoms. The number of methoxy groups -OCH3 is 2. The SMILES string of the molecule is COc1ccc(C=C(NC(=O)c2ccccc2)C(=O)N=Nc2c(O)n(CCc3ccccc3)c3ccc(Br)cc23)cc1OC. The van der Waals surface area contributed by atoms with E-state index in [4.69, 9.17) is 9.47 Å². The van der Waals surface area contributed by atoms with Crippen LogP contribution in [0.2, 0.25) is 0 Å². The summed E-state index contributed by atoms with van der Waals surface area (Å²) in [6.07, 6.45) is 2.15. The highest BCUT2D eigenvalue weighted by molar-refractivity contribution is 9.10. The van der Waals surface area contributed by atoms with Crippen LogP contribution in [-0.2, 0) is 17.8 Å². The van der Waals surface area contributed by atoms with Crippen molar-refractivity contribution in [3.05, 3.63) is 124 Å². The molecule has 0 saturated carbocycles. The van der Waals surface area contributed by atoms with Gasteiger partial charge in [0.2, 0.25) is 5.88 Å². The van der Waals surface area contributed by atoms with Crippen molar-refractivity contribution in [1.29, 1.82) is 0 Å². The minimum Gasteiger partial charge on any atom is -0.493 e. The quantitative estimate of drug-likeness (QED) is 0.120. The number of aryl methyl sites for hydroxylation is 2. The molecular formula is C34H29BrN4O5. The number of nitrogens with zero attached hydrogens (tertiary/aromatic N) is 3. The number of ether oxygens (including phenoxy) is 2. The molecule has 10 heteroatoms. The molecule has 0 radical (unpaired) electrons. The van der Waals surface area contributed by atoms with Crippen molar-refractivity contribution < 1.29 is 24.2 Å². The van der Waals surface area contributed by atoms with Crippen molar-refractivity contribution in [2.75, 3.05) is 14.2 Å². The normalized spacial score (nSPS) is 11.6. The van der Waals surface area contributed by atoms with Crippen molar-refractivity contribution in [2.45, 2.75) is 13.0 Å². The topological polar surface area (TPSA) is 115 Å². The molecule has 5 aromatic rings. The third-order valence-electron chi connectivity index (χ3n) is 6.91. The number of hydrogen-bond acceptors (Lipinski definition) is 6. The van der Waals surface area contributed by atoms with Gasteiger partial charge < -0.3 is 24.5 Å². The largest absolute Gasteiger partial charge is 0.493 e. The van der Waals surface area contributed by atoms with Crippen molar-refractivity contribution >= 4 is 50.4 Å². The Morgan fingerprint density at radius 2 is 1.61 bits per heavy atom. The van der Waals surface area contributed by atoms with E-state index < -0.39 is 11.8 Å². The lowest BCUT2D eigenvalue weighted by atomic mass is 10.1. The highest BCUT2D eigenvalue weighted by atomic mass is 79.9. The molecule has 0 aliphatic carbocycles. The molecule has 0 spiro atoms. The van der Waals surface area contributed by atoms with Crippen molar-refractivity contribution in [3.8, 4) is 17.4 Å². The summed E-state index contributed by atoms with van der Waals surface area (Å²) in [7, 11) is 3.03. The maximum absolute atomic E-state index is 13.5. The molecule has 0 bridgehead atoms. The van der Waals surface area contributed by atoms with Gasteiger partial charge in [-0.3, -0.25) is 9.59 Å². The number of nitrogens with one attached hydrogen (secondary N) is 1. The Morgan fingerprint density at radius 3 is 2.32 bits per heavy atom. The first-order chi connectivity index (χ1) is 21.4. The fourth-order valence-corrected chi connectivity index (χ4v) is 5.06. The number of rotatable bonds is 10. The number of azo groups is 1. The highest BCUT2D eigenvalue weighted by Gasteiger charge is 2.19. The maximum atomic E-state index is 13.5. The Balaban J connectivity index is 1.50. The van der Waals surface area contributed by atoms with E-state index in [-0.39, 0.29) is 17.3 Å². The van der Waals surface area contributed by atoms with Crippen LogP contribution in [0.25, 0.3) is 17.0 Å². The second kappa shape index (κ2) is 13.8. The number of halogens is 1. The van der Waals surface area contributed by atoms with Crippen molar-refractivity contribution in [1.82, 2.24) is 9.88 Å². The van der Waals surface area contributed by atoms with Crippen LogP contribution in [0, 0.1) is 0 Å². The van der Waals surface area contributed by atoms with Crippen LogP contribution in [0.1, 0.15) is 21.5 Å². The number of benzene rings is 4. The summed E-state index contributed by atoms with van der Waals surface area (Å²) in [5.74, 6) is -0.475. The molecule has 1 heterocycles. The highest BCUT2D eigenvalue weighted by Crippen LogP contribution is 2.40. The van der Waals surface area contributed by atoms with Gasteiger partial charge in [-0.25, -0.2) is 0 Å². The summed E-state index contributed by atoms with van der Waals surface area (Å²) in [4.78, 5) is 26.5. The smallest absolute Gasteiger partial charge is 0.311 e. The summed E-state index contributed by atoms with van der Waals surface area (Å²) < 4.78 is 13.2. The van der Waals surface area contributed by atoms with Crippen LogP contribution in [0.5, 0.6) is 17.4 Å². The van der Waals surface area contributed by atoms with Gasteiger partial charge in [-0.05, 0) is 66.1 Å². The average molecular weight is 654 g/mol. The molecule has 2 amide bonds. The van der Waals surface area contributed by atoms with Gasteiger partial charge in [0, 0.05) is 22.0 Å². The van der Waals surface area contributed by atoms with Crippen LogP contribution in [0.15, 0.2) is 117 Å². The Labute approximate surface area is 262 Å². The molecule has 0 fully saturated rings. The Morgan fingerprint density at radius 1 is 0.909 bits per heavy atom. The van der Waals surface area contributed by atoms with E-state index >= 15 is 0 Å². The molecule has 0 atom stereocenters. The zero-order valence-electron chi connectivity index (χ0n) is 24.0. The predicted molar refractivity (Wildman–Crippen MR) is 172 cm³/mol. The molecular weight excluding hydrogens is 624 g/mol. The lowest BCUT2D eigenvalue weighted by Gasteiger charge is -2.10. The van der Waals surface area contributed by atoms with E-state index in [1.165, 1.54) is 20.3 Å². The van der Waals surface area contributed by atoms with Crippen LogP contribution in [0.3, 0.4) is 0 Å². The van der Waals surface area contributed by atoms with Gasteiger partial charge in [0.1, 0.15) is 5.70 Å². The van der Waals surface area contributed by atoms with Gasteiger partial charge in [0.15, 0.2) is 17.2 Å². The summed E-state index contributed by atoms with van der Waals surface area (Å²) in [5.41, 5.74) is 2.79. The summed E-state index contributed by atoms with van der Waals surface area (Å²) in [5, 5.41) is 22.7. The minimum absolute atomic E-state index is 0.121. The number of amides is 2. The average Bonchev–Trinajstić information content (AvgIpc) is 3.31. The molecule has 1 aromatic heterocycles. The fourth-order valence-electron chi connectivity index (χ4n) is 4.70. The summed E-state index contributed by atoms with van der Waals surface area (Å²) in [6.45, 7) is 0.481. The second-order valence-electron chi connectivity index (χ2n) is 9.72. The van der Waals surface area contributed by atoms with Gasteiger partial charge in [0.05, 0.1) is 19.7 Å². The van der Waals surface area contributed by atoms with E-state index in [9.17, 15) is 14.7 Å². The first kappa shape index (κ1) is 30.2.